The van der Waals surface area contributed by atoms with Crippen molar-refractivity contribution in [1.82, 2.24) is 4.90 Å². The van der Waals surface area contributed by atoms with Crippen LogP contribution in [0, 0.1) is 0 Å². The molecule has 1 N–H and O–H groups in total. The molecule has 0 spiro atoms. The number of carboxylic acid groups (broad SMARTS) is 1. The molecule has 1 aromatic carbocycles. The van der Waals surface area contributed by atoms with E-state index in [1.165, 1.54) is 6.07 Å². The zero-order chi connectivity index (χ0) is 16.3. The second-order valence-electron chi connectivity index (χ2n) is 5.32. The van der Waals surface area contributed by atoms with Gasteiger partial charge < -0.3 is 14.7 Å². The van der Waals surface area contributed by atoms with Crippen LogP contribution < -0.4 is 9.64 Å². The van der Waals surface area contributed by atoms with Gasteiger partial charge in [0.1, 0.15) is 12.3 Å². The van der Waals surface area contributed by atoms with E-state index in [-0.39, 0.29) is 12.4 Å². The maximum absolute atomic E-state index is 12.2. The molecule has 0 atom stereocenters. The Morgan fingerprint density at radius 1 is 1.36 bits per heavy atom. The van der Waals surface area contributed by atoms with Crippen LogP contribution >= 0.6 is 0 Å². The fourth-order valence-electron chi connectivity index (χ4n) is 2.15. The van der Waals surface area contributed by atoms with E-state index in [9.17, 15) is 14.4 Å². The highest BCUT2D eigenvalue weighted by molar-refractivity contribution is 6.03. The second-order valence-corrected chi connectivity index (χ2v) is 5.32. The molecule has 1 aromatic rings. The van der Waals surface area contributed by atoms with Gasteiger partial charge in [-0.25, -0.2) is 0 Å². The van der Waals surface area contributed by atoms with E-state index in [1.54, 1.807) is 12.1 Å². The van der Waals surface area contributed by atoms with Crippen molar-refractivity contribution in [2.24, 2.45) is 0 Å². The molecule has 1 aliphatic heterocycles. The van der Waals surface area contributed by atoms with Gasteiger partial charge in [-0.05, 0) is 32.3 Å². The third-order valence-electron chi connectivity index (χ3n) is 3.30. The van der Waals surface area contributed by atoms with Gasteiger partial charge in [0.05, 0.1) is 5.69 Å². The number of ketones is 1. The number of hydrogen-bond acceptors (Lipinski definition) is 5. The van der Waals surface area contributed by atoms with Crippen molar-refractivity contribution >= 4 is 23.3 Å². The molecular formula is C15H18N2O5. The summed E-state index contributed by atoms with van der Waals surface area (Å²) in [7, 11) is 3.75. The van der Waals surface area contributed by atoms with Crippen molar-refractivity contribution in [3.05, 3.63) is 23.8 Å². The summed E-state index contributed by atoms with van der Waals surface area (Å²) in [6.07, 6.45) is 0.347. The van der Waals surface area contributed by atoms with Gasteiger partial charge in [-0.2, -0.15) is 0 Å². The first kappa shape index (κ1) is 16.0. The Hall–Kier alpha value is -2.41. The van der Waals surface area contributed by atoms with Crippen LogP contribution in [0.5, 0.6) is 5.75 Å². The highest BCUT2D eigenvalue weighted by atomic mass is 16.5. The Morgan fingerprint density at radius 3 is 2.73 bits per heavy atom. The number of Topliss-reactive ketones (excluding diaryl/α,β-unsaturated/α-hetero) is 1. The normalized spacial score (nSPS) is 13.8. The zero-order valence-electron chi connectivity index (χ0n) is 12.5. The summed E-state index contributed by atoms with van der Waals surface area (Å²) in [6, 6.07) is 4.75. The third kappa shape index (κ3) is 3.62. The summed E-state index contributed by atoms with van der Waals surface area (Å²) in [4.78, 5) is 37.9. The average Bonchev–Trinajstić information content (AvgIpc) is 2.47. The van der Waals surface area contributed by atoms with Gasteiger partial charge in [-0.1, -0.05) is 0 Å². The number of nitrogens with zero attached hydrogens (tertiary/aromatic N) is 2. The highest BCUT2D eigenvalue weighted by Crippen LogP contribution is 2.33. The number of fused-ring (bicyclic) bond motifs is 1. The minimum Gasteiger partial charge on any atom is -0.482 e. The molecule has 1 heterocycles. The Kier molecular flexibility index (Phi) is 4.77. The summed E-state index contributed by atoms with van der Waals surface area (Å²) in [5.41, 5.74) is 0.767. The lowest BCUT2D eigenvalue weighted by molar-refractivity contribution is -0.137. The van der Waals surface area contributed by atoms with Crippen molar-refractivity contribution in [1.29, 1.82) is 0 Å². The van der Waals surface area contributed by atoms with Crippen LogP contribution in [0.2, 0.25) is 0 Å². The number of anilines is 1. The monoisotopic (exact) mass is 306 g/mol. The maximum Gasteiger partial charge on any atom is 0.323 e. The molecule has 118 valence electrons. The van der Waals surface area contributed by atoms with Gasteiger partial charge in [0.15, 0.2) is 12.4 Å². The smallest absolute Gasteiger partial charge is 0.323 e. The molecule has 22 heavy (non-hydrogen) atoms. The predicted octanol–water partition coefficient (Wildman–Crippen LogP) is 0.631. The lowest BCUT2D eigenvalue weighted by Gasteiger charge is -2.28. The standard InChI is InChI=1S/C15H18N2O5/c1-16(2)6-5-12(18)10-3-4-13-11(7-10)17(8-15(20)21)14(19)9-22-13/h3-4,7H,5-6,8-9H2,1-2H3,(H,20,21). The number of carbonyl (C=O) groups is 3. The second kappa shape index (κ2) is 6.57. The minimum absolute atomic E-state index is 0.0650. The third-order valence-corrected chi connectivity index (χ3v) is 3.30. The molecule has 0 saturated carbocycles. The molecule has 7 nitrogen and oxygen atoms in total. The summed E-state index contributed by atoms with van der Waals surface area (Å²) in [5.74, 6) is -1.21. The Bertz CT molecular complexity index is 612. The van der Waals surface area contributed by atoms with Crippen molar-refractivity contribution in [3.8, 4) is 5.75 Å². The van der Waals surface area contributed by atoms with E-state index in [4.69, 9.17) is 9.84 Å². The zero-order valence-corrected chi connectivity index (χ0v) is 12.5. The fraction of sp³-hybridized carbons (Fsp3) is 0.400. The van der Waals surface area contributed by atoms with Crippen LogP contribution in [0.15, 0.2) is 18.2 Å². The summed E-state index contributed by atoms with van der Waals surface area (Å²) < 4.78 is 5.28. The van der Waals surface area contributed by atoms with Crippen molar-refractivity contribution < 1.29 is 24.2 Å². The first-order chi connectivity index (χ1) is 10.4. The summed E-state index contributed by atoms with van der Waals surface area (Å²) >= 11 is 0. The molecule has 0 aromatic heterocycles. The molecule has 0 radical (unpaired) electrons. The first-order valence-corrected chi connectivity index (χ1v) is 6.85. The summed E-state index contributed by atoms with van der Waals surface area (Å²) in [5, 5.41) is 8.93. The number of benzene rings is 1. The molecule has 1 aliphatic rings. The van der Waals surface area contributed by atoms with Gasteiger partial charge in [0.2, 0.25) is 0 Å². The number of amides is 1. The number of rotatable bonds is 6. The molecule has 0 bridgehead atoms. The molecule has 0 saturated heterocycles. The molecule has 2 rings (SSSR count). The van der Waals surface area contributed by atoms with Gasteiger partial charge in [-0.3, -0.25) is 19.3 Å². The average molecular weight is 306 g/mol. The lowest BCUT2D eigenvalue weighted by Crippen LogP contribution is -2.42. The predicted molar refractivity (Wildman–Crippen MR) is 79.4 cm³/mol. The van der Waals surface area contributed by atoms with Crippen LogP contribution in [0.3, 0.4) is 0 Å². The lowest BCUT2D eigenvalue weighted by atomic mass is 10.1. The van der Waals surface area contributed by atoms with E-state index >= 15 is 0 Å². The molecule has 0 aliphatic carbocycles. The number of hydrogen-bond donors (Lipinski definition) is 1. The van der Waals surface area contributed by atoms with Gasteiger partial charge in [0.25, 0.3) is 5.91 Å². The molecular weight excluding hydrogens is 288 g/mol. The topological polar surface area (TPSA) is 87.2 Å². The van der Waals surface area contributed by atoms with Crippen LogP contribution in [0.25, 0.3) is 0 Å². The van der Waals surface area contributed by atoms with Crippen LogP contribution in [-0.4, -0.2) is 61.5 Å². The van der Waals surface area contributed by atoms with Crippen LogP contribution in [0.1, 0.15) is 16.8 Å². The van der Waals surface area contributed by atoms with Gasteiger partial charge >= 0.3 is 5.97 Å². The minimum atomic E-state index is -1.12. The summed E-state index contributed by atoms with van der Waals surface area (Å²) in [6.45, 7) is -0.0388. The Morgan fingerprint density at radius 2 is 2.09 bits per heavy atom. The molecule has 7 heteroatoms. The van der Waals surface area contributed by atoms with Crippen molar-refractivity contribution in [2.75, 3.05) is 38.7 Å². The van der Waals surface area contributed by atoms with Crippen LogP contribution in [0.4, 0.5) is 5.69 Å². The van der Waals surface area contributed by atoms with Crippen molar-refractivity contribution in [2.45, 2.75) is 6.42 Å². The molecule has 0 fully saturated rings. The van der Waals surface area contributed by atoms with Gasteiger partial charge in [-0.15, -0.1) is 0 Å². The SMILES string of the molecule is CN(C)CCC(=O)c1ccc2c(c1)N(CC(=O)O)C(=O)CO2. The number of carbonyl (C=O) groups excluding carboxylic acids is 2. The van der Waals surface area contributed by atoms with E-state index in [1.807, 2.05) is 19.0 Å². The van der Waals surface area contributed by atoms with Crippen molar-refractivity contribution in [3.63, 3.8) is 0 Å². The largest absolute Gasteiger partial charge is 0.482 e. The maximum atomic E-state index is 12.2. The van der Waals surface area contributed by atoms with Crippen LogP contribution in [-0.2, 0) is 9.59 Å². The quantitative estimate of drug-likeness (QED) is 0.776. The van der Waals surface area contributed by atoms with Gasteiger partial charge in [0, 0.05) is 18.5 Å². The number of carboxylic acids is 1. The van der Waals surface area contributed by atoms with E-state index in [0.717, 1.165) is 4.90 Å². The fourth-order valence-corrected chi connectivity index (χ4v) is 2.15. The number of aliphatic carboxylic acids is 1. The Labute approximate surface area is 128 Å². The number of ether oxygens (including phenoxy) is 1. The van der Waals surface area contributed by atoms with E-state index < -0.39 is 18.4 Å². The Balaban J connectivity index is 2.27. The first-order valence-electron chi connectivity index (χ1n) is 6.85. The molecule has 1 amide bonds. The van der Waals surface area contributed by atoms with E-state index in [0.29, 0.717) is 30.0 Å². The molecule has 0 unspecified atom stereocenters. The van der Waals surface area contributed by atoms with E-state index in [2.05, 4.69) is 0 Å². The highest BCUT2D eigenvalue weighted by Gasteiger charge is 2.28.